The number of benzene rings is 3. The van der Waals surface area contributed by atoms with Crippen LogP contribution in [0.4, 0.5) is 0 Å². The van der Waals surface area contributed by atoms with E-state index in [2.05, 4.69) is 0 Å². The number of nitrogens with zero attached hydrogens (tertiary/aromatic N) is 1. The molecular formula is C26H17Cl4NO7. The first-order chi connectivity index (χ1) is 18.0. The Morgan fingerprint density at radius 1 is 0.842 bits per heavy atom. The number of esters is 1. The van der Waals surface area contributed by atoms with Gasteiger partial charge in [0.05, 0.1) is 38.3 Å². The van der Waals surface area contributed by atoms with Gasteiger partial charge in [0.1, 0.15) is 17.5 Å². The molecule has 1 atom stereocenters. The molecule has 38 heavy (non-hydrogen) atoms. The van der Waals surface area contributed by atoms with Crippen LogP contribution in [0.3, 0.4) is 0 Å². The maximum atomic E-state index is 13.4. The van der Waals surface area contributed by atoms with Gasteiger partial charge in [-0.25, -0.2) is 4.79 Å². The van der Waals surface area contributed by atoms with Crippen molar-refractivity contribution in [2.75, 3.05) is 13.7 Å². The Morgan fingerprint density at radius 2 is 1.37 bits per heavy atom. The average molecular weight is 597 g/mol. The minimum absolute atomic E-state index is 0.0263. The number of aromatic hydroxyl groups is 1. The minimum atomic E-state index is -1.51. The van der Waals surface area contributed by atoms with E-state index in [0.29, 0.717) is 16.2 Å². The van der Waals surface area contributed by atoms with Crippen LogP contribution in [0.2, 0.25) is 20.1 Å². The van der Waals surface area contributed by atoms with E-state index in [1.54, 1.807) is 12.1 Å². The first kappa shape index (κ1) is 27.7. The number of ketones is 1. The van der Waals surface area contributed by atoms with Crippen molar-refractivity contribution in [1.82, 2.24) is 4.90 Å². The van der Waals surface area contributed by atoms with Crippen molar-refractivity contribution in [1.29, 1.82) is 0 Å². The number of hydrogen-bond acceptors (Lipinski definition) is 7. The van der Waals surface area contributed by atoms with Crippen molar-refractivity contribution in [2.45, 2.75) is 12.5 Å². The van der Waals surface area contributed by atoms with Gasteiger partial charge in [-0.15, -0.1) is 0 Å². The van der Waals surface area contributed by atoms with Crippen molar-refractivity contribution in [2.24, 2.45) is 0 Å². The Hall–Kier alpha value is -3.30. The summed E-state index contributed by atoms with van der Waals surface area (Å²) in [5, 5.41) is 8.59. The Bertz CT molecular complexity index is 1410. The first-order valence-corrected chi connectivity index (χ1v) is 12.4. The van der Waals surface area contributed by atoms with Crippen molar-refractivity contribution in [3.05, 3.63) is 90.9 Å². The number of hydrogen-bond donors (Lipinski definition) is 1. The molecule has 1 aliphatic heterocycles. The molecule has 1 N–H and O–H groups in total. The molecule has 0 saturated carbocycles. The fraction of sp³-hybridized carbons (Fsp3) is 0.154. The number of rotatable bonds is 8. The summed E-state index contributed by atoms with van der Waals surface area (Å²) in [7, 11) is 1.48. The van der Waals surface area contributed by atoms with Gasteiger partial charge in [-0.3, -0.25) is 19.3 Å². The molecule has 1 aliphatic rings. The molecule has 0 aromatic heterocycles. The molecule has 12 heteroatoms. The molecule has 3 aromatic carbocycles. The molecule has 1 unspecified atom stereocenters. The van der Waals surface area contributed by atoms with Crippen LogP contribution in [0, 0.1) is 0 Å². The number of phenols is 1. The molecule has 8 nitrogen and oxygen atoms in total. The number of phenolic OH excluding ortho intramolecular Hbond substituents is 1. The topological polar surface area (TPSA) is 110 Å². The Morgan fingerprint density at radius 3 is 1.87 bits per heavy atom. The van der Waals surface area contributed by atoms with Gasteiger partial charge in [0, 0.05) is 12.0 Å². The molecule has 0 saturated heterocycles. The molecule has 0 aliphatic carbocycles. The number of methoxy groups -OCH3 is 1. The van der Waals surface area contributed by atoms with Gasteiger partial charge in [-0.2, -0.15) is 0 Å². The lowest BCUT2D eigenvalue weighted by atomic mass is 10.0. The zero-order valence-electron chi connectivity index (χ0n) is 19.5. The van der Waals surface area contributed by atoms with E-state index in [1.807, 2.05) is 0 Å². The van der Waals surface area contributed by atoms with Gasteiger partial charge in [0.15, 0.2) is 12.4 Å². The fourth-order valence-corrected chi connectivity index (χ4v) is 4.89. The van der Waals surface area contributed by atoms with E-state index in [1.165, 1.54) is 43.5 Å². The highest BCUT2D eigenvalue weighted by atomic mass is 35.5. The lowest BCUT2D eigenvalue weighted by molar-refractivity contribution is -0.147. The Kier molecular flexibility index (Phi) is 8.18. The van der Waals surface area contributed by atoms with E-state index in [9.17, 15) is 24.3 Å². The molecule has 196 valence electrons. The Labute approximate surface area is 236 Å². The summed E-state index contributed by atoms with van der Waals surface area (Å²) in [4.78, 5) is 53.3. The normalized spacial score (nSPS) is 13.3. The largest absolute Gasteiger partial charge is 0.508 e. The van der Waals surface area contributed by atoms with E-state index in [-0.39, 0.29) is 49.0 Å². The predicted octanol–water partition coefficient (Wildman–Crippen LogP) is 5.65. The molecule has 4 rings (SSSR count). The quantitative estimate of drug-likeness (QED) is 0.118. The van der Waals surface area contributed by atoms with Gasteiger partial charge >= 0.3 is 5.97 Å². The van der Waals surface area contributed by atoms with Gasteiger partial charge in [-0.05, 0) is 42.0 Å². The highest BCUT2D eigenvalue weighted by Crippen LogP contribution is 2.45. The monoisotopic (exact) mass is 595 g/mol. The predicted molar refractivity (Wildman–Crippen MR) is 141 cm³/mol. The van der Waals surface area contributed by atoms with Crippen LogP contribution in [0.5, 0.6) is 11.5 Å². The standard InChI is InChI=1S/C26H17Cl4NO7/c1-37-15-8-4-13(5-9-15)17(33)11-38-26(36)16(10-12-2-6-14(32)7-3-12)31-24(34)18-19(25(31)35)21(28)23(30)22(29)20(18)27/h2-9,16,32H,10-11H2,1H3. The van der Waals surface area contributed by atoms with Gasteiger partial charge in [-0.1, -0.05) is 58.5 Å². The Balaban J connectivity index is 1.65. The summed E-state index contributed by atoms with van der Waals surface area (Å²) in [6, 6.07) is 10.4. The molecule has 0 bridgehead atoms. The second-order valence-corrected chi connectivity index (χ2v) is 9.64. The summed E-state index contributed by atoms with van der Waals surface area (Å²) >= 11 is 24.6. The SMILES string of the molecule is COc1ccc(C(=O)COC(=O)C(Cc2ccc(O)cc2)N2C(=O)c3c(Cl)c(Cl)c(Cl)c(Cl)c3C2=O)cc1. The molecule has 0 radical (unpaired) electrons. The number of halogens is 4. The van der Waals surface area contributed by atoms with Crippen LogP contribution < -0.4 is 4.74 Å². The van der Waals surface area contributed by atoms with Gasteiger partial charge in [0.25, 0.3) is 11.8 Å². The van der Waals surface area contributed by atoms with E-state index in [4.69, 9.17) is 55.9 Å². The van der Waals surface area contributed by atoms with Crippen LogP contribution in [-0.4, -0.2) is 53.3 Å². The van der Waals surface area contributed by atoms with Crippen LogP contribution in [0.25, 0.3) is 0 Å². The van der Waals surface area contributed by atoms with Crippen molar-refractivity contribution < 1.29 is 33.8 Å². The summed E-state index contributed by atoms with van der Waals surface area (Å²) in [6.45, 7) is -0.653. The van der Waals surface area contributed by atoms with Crippen LogP contribution >= 0.6 is 46.4 Å². The second kappa shape index (κ2) is 11.2. The number of imide groups is 1. The van der Waals surface area contributed by atoms with Crippen LogP contribution in [-0.2, 0) is 16.0 Å². The summed E-state index contributed by atoms with van der Waals surface area (Å²) < 4.78 is 10.3. The third-order valence-corrected chi connectivity index (χ3v) is 7.64. The van der Waals surface area contributed by atoms with Gasteiger partial charge < -0.3 is 14.6 Å². The summed E-state index contributed by atoms with van der Waals surface area (Å²) in [5.74, 6) is -2.90. The smallest absolute Gasteiger partial charge is 0.330 e. The number of carbonyl (C=O) groups is 4. The molecule has 3 aromatic rings. The maximum Gasteiger partial charge on any atom is 0.330 e. The van der Waals surface area contributed by atoms with Crippen LogP contribution in [0.1, 0.15) is 36.6 Å². The number of fused-ring (bicyclic) bond motifs is 1. The molecular weight excluding hydrogens is 580 g/mol. The minimum Gasteiger partial charge on any atom is -0.508 e. The molecule has 0 fully saturated rings. The van der Waals surface area contributed by atoms with Crippen molar-refractivity contribution in [3.63, 3.8) is 0 Å². The zero-order valence-corrected chi connectivity index (χ0v) is 22.5. The first-order valence-electron chi connectivity index (χ1n) is 10.9. The van der Waals surface area contributed by atoms with E-state index < -0.39 is 36.2 Å². The maximum absolute atomic E-state index is 13.4. The fourth-order valence-electron chi connectivity index (χ4n) is 3.88. The third-order valence-electron chi connectivity index (χ3n) is 5.84. The average Bonchev–Trinajstić information content (AvgIpc) is 3.18. The molecule has 1 heterocycles. The highest BCUT2D eigenvalue weighted by Gasteiger charge is 2.47. The lowest BCUT2D eigenvalue weighted by Gasteiger charge is -2.24. The van der Waals surface area contributed by atoms with E-state index >= 15 is 0 Å². The second-order valence-electron chi connectivity index (χ2n) is 8.13. The van der Waals surface area contributed by atoms with Crippen molar-refractivity contribution in [3.8, 4) is 11.5 Å². The summed E-state index contributed by atoms with van der Waals surface area (Å²) in [6.07, 6.45) is -0.196. The summed E-state index contributed by atoms with van der Waals surface area (Å²) in [5.41, 5.74) is 0.149. The van der Waals surface area contributed by atoms with Crippen molar-refractivity contribution >= 4 is 70.0 Å². The third kappa shape index (κ3) is 5.17. The van der Waals surface area contributed by atoms with E-state index in [0.717, 1.165) is 0 Å². The molecule has 2 amide bonds. The lowest BCUT2D eigenvalue weighted by Crippen LogP contribution is -2.47. The number of carbonyl (C=O) groups excluding carboxylic acids is 4. The molecule has 0 spiro atoms. The number of Topliss-reactive ketones (excluding diaryl/α,β-unsaturated/α-hetero) is 1. The highest BCUT2D eigenvalue weighted by molar-refractivity contribution is 6.55. The number of amides is 2. The van der Waals surface area contributed by atoms with Crippen LogP contribution in [0.15, 0.2) is 48.5 Å². The number of ether oxygens (including phenoxy) is 2. The van der Waals surface area contributed by atoms with Gasteiger partial charge in [0.2, 0.25) is 0 Å². The zero-order chi connectivity index (χ0) is 27.7.